The molecule has 0 unspecified atom stereocenters. The molecule has 2 aromatic heterocycles. The van der Waals surface area contributed by atoms with E-state index in [0.29, 0.717) is 23.4 Å². The molecule has 0 aliphatic heterocycles. The molecule has 3 rings (SSSR count). The number of rotatable bonds is 3. The number of nitrogens with zero attached hydrogens (tertiary/aromatic N) is 2. The van der Waals surface area contributed by atoms with Crippen LogP contribution in [0.1, 0.15) is 21.6 Å². The number of para-hydroxylation sites is 1. The Kier molecular flexibility index (Phi) is 3.27. The van der Waals surface area contributed by atoms with Crippen molar-refractivity contribution < 1.29 is 4.79 Å². The van der Waals surface area contributed by atoms with E-state index >= 15 is 0 Å². The van der Waals surface area contributed by atoms with Crippen molar-refractivity contribution >= 4 is 22.6 Å². The molecule has 0 radical (unpaired) electrons. The Hall–Kier alpha value is -2.89. The van der Waals surface area contributed by atoms with Crippen molar-refractivity contribution in [2.24, 2.45) is 0 Å². The van der Waals surface area contributed by atoms with E-state index in [1.165, 1.54) is 0 Å². The number of hydrogen-bond donors (Lipinski definition) is 3. The number of nitrogens with one attached hydrogen (secondary N) is 2. The largest absolute Gasteiger partial charge is 0.384 e. The second kappa shape index (κ2) is 5.24. The number of fused-ring (bicyclic) bond motifs is 1. The number of aryl methyl sites for hydroxylation is 1. The smallest absolute Gasteiger partial charge is 0.252 e. The van der Waals surface area contributed by atoms with Gasteiger partial charge in [-0.1, -0.05) is 18.2 Å². The van der Waals surface area contributed by atoms with Crippen LogP contribution in [0, 0.1) is 6.92 Å². The molecular formula is C15H15N5O. The van der Waals surface area contributed by atoms with E-state index in [-0.39, 0.29) is 5.91 Å². The van der Waals surface area contributed by atoms with Gasteiger partial charge in [0.25, 0.3) is 5.91 Å². The highest BCUT2D eigenvalue weighted by atomic mass is 16.1. The summed E-state index contributed by atoms with van der Waals surface area (Å²) >= 11 is 0. The lowest BCUT2D eigenvalue weighted by Crippen LogP contribution is -2.23. The first-order valence-corrected chi connectivity index (χ1v) is 6.57. The molecule has 106 valence electrons. The van der Waals surface area contributed by atoms with E-state index in [9.17, 15) is 4.79 Å². The van der Waals surface area contributed by atoms with Gasteiger partial charge >= 0.3 is 0 Å². The highest BCUT2D eigenvalue weighted by molar-refractivity contribution is 6.06. The predicted molar refractivity (Wildman–Crippen MR) is 80.7 cm³/mol. The van der Waals surface area contributed by atoms with Crippen LogP contribution in [-0.4, -0.2) is 21.1 Å². The molecule has 0 bridgehead atoms. The van der Waals surface area contributed by atoms with Crippen LogP contribution in [0.5, 0.6) is 0 Å². The summed E-state index contributed by atoms with van der Waals surface area (Å²) in [6.07, 6.45) is 1.70. The minimum absolute atomic E-state index is 0.180. The van der Waals surface area contributed by atoms with Crippen molar-refractivity contribution in [2.75, 3.05) is 5.73 Å². The number of aromatic nitrogens is 3. The van der Waals surface area contributed by atoms with Gasteiger partial charge in [0, 0.05) is 23.2 Å². The number of carbonyl (C=O) groups excluding carboxylic acids is 1. The van der Waals surface area contributed by atoms with Gasteiger partial charge in [0.1, 0.15) is 5.82 Å². The average Bonchev–Trinajstić information content (AvgIpc) is 2.89. The number of amides is 1. The molecule has 3 aromatic rings. The fraction of sp³-hybridized carbons (Fsp3) is 0.133. The minimum atomic E-state index is -0.180. The third-order valence-corrected chi connectivity index (χ3v) is 3.35. The third kappa shape index (κ3) is 2.55. The molecule has 21 heavy (non-hydrogen) atoms. The zero-order chi connectivity index (χ0) is 14.8. The van der Waals surface area contributed by atoms with Crippen molar-refractivity contribution in [3.63, 3.8) is 0 Å². The molecule has 1 aromatic carbocycles. The van der Waals surface area contributed by atoms with Gasteiger partial charge in [-0.3, -0.25) is 9.89 Å². The summed E-state index contributed by atoms with van der Waals surface area (Å²) in [6, 6.07) is 9.03. The highest BCUT2D eigenvalue weighted by Crippen LogP contribution is 2.19. The van der Waals surface area contributed by atoms with Crippen LogP contribution in [0.4, 0.5) is 5.82 Å². The van der Waals surface area contributed by atoms with Crippen molar-refractivity contribution in [3.8, 4) is 0 Å². The normalized spacial score (nSPS) is 10.7. The van der Waals surface area contributed by atoms with Crippen molar-refractivity contribution in [3.05, 3.63) is 53.3 Å². The van der Waals surface area contributed by atoms with Crippen LogP contribution >= 0.6 is 0 Å². The molecule has 6 nitrogen and oxygen atoms in total. The number of hydrogen-bond acceptors (Lipinski definition) is 4. The SMILES string of the molecule is Cc1[nH]ncc1CNC(=O)c1cc(N)nc2ccccc12. The standard InChI is InChI=1S/C15H15N5O/c1-9-10(8-18-20-9)7-17-15(21)12-6-14(16)19-13-5-3-2-4-11(12)13/h2-6,8H,7H2,1H3,(H2,16,19)(H,17,21)(H,18,20). The summed E-state index contributed by atoms with van der Waals surface area (Å²) in [4.78, 5) is 16.6. The monoisotopic (exact) mass is 281 g/mol. The van der Waals surface area contributed by atoms with Gasteiger partial charge < -0.3 is 11.1 Å². The Bertz CT molecular complexity index is 809. The maximum Gasteiger partial charge on any atom is 0.252 e. The predicted octanol–water partition coefficient (Wildman–Crippen LogP) is 1.78. The summed E-state index contributed by atoms with van der Waals surface area (Å²) in [5.41, 5.74) is 8.90. The number of benzene rings is 1. The summed E-state index contributed by atoms with van der Waals surface area (Å²) in [6.45, 7) is 2.33. The van der Waals surface area contributed by atoms with Gasteiger partial charge in [-0.15, -0.1) is 0 Å². The molecule has 0 spiro atoms. The van der Waals surface area contributed by atoms with E-state index in [0.717, 1.165) is 16.6 Å². The minimum Gasteiger partial charge on any atom is -0.384 e. The molecular weight excluding hydrogens is 266 g/mol. The molecule has 0 fully saturated rings. The summed E-state index contributed by atoms with van der Waals surface area (Å²) in [5, 5.41) is 10.4. The Morgan fingerprint density at radius 2 is 2.19 bits per heavy atom. The maximum absolute atomic E-state index is 12.4. The summed E-state index contributed by atoms with van der Waals surface area (Å²) < 4.78 is 0. The molecule has 0 saturated carbocycles. The first kappa shape index (κ1) is 13.1. The number of carbonyl (C=O) groups is 1. The Morgan fingerprint density at radius 1 is 1.38 bits per heavy atom. The van der Waals surface area contributed by atoms with E-state index in [2.05, 4.69) is 20.5 Å². The number of aromatic amines is 1. The van der Waals surface area contributed by atoms with E-state index in [1.54, 1.807) is 12.3 Å². The zero-order valence-corrected chi connectivity index (χ0v) is 11.6. The van der Waals surface area contributed by atoms with Gasteiger partial charge in [-0.2, -0.15) is 5.10 Å². The number of nitrogen functional groups attached to an aromatic ring is 1. The van der Waals surface area contributed by atoms with Gasteiger partial charge in [0.2, 0.25) is 0 Å². The fourth-order valence-corrected chi connectivity index (χ4v) is 2.21. The van der Waals surface area contributed by atoms with Crippen molar-refractivity contribution in [2.45, 2.75) is 13.5 Å². The lowest BCUT2D eigenvalue weighted by Gasteiger charge is -2.08. The Labute approximate surface area is 121 Å². The number of pyridine rings is 1. The summed E-state index contributed by atoms with van der Waals surface area (Å²) in [5.74, 6) is 0.152. The highest BCUT2D eigenvalue weighted by Gasteiger charge is 2.12. The molecule has 6 heteroatoms. The second-order valence-corrected chi connectivity index (χ2v) is 4.81. The first-order valence-electron chi connectivity index (χ1n) is 6.57. The quantitative estimate of drug-likeness (QED) is 0.681. The van der Waals surface area contributed by atoms with Crippen LogP contribution < -0.4 is 11.1 Å². The number of H-pyrrole nitrogens is 1. The number of nitrogens with two attached hydrogens (primary N) is 1. The molecule has 0 aliphatic carbocycles. The Morgan fingerprint density at radius 3 is 2.95 bits per heavy atom. The topological polar surface area (TPSA) is 96.7 Å². The molecule has 4 N–H and O–H groups in total. The molecule has 2 heterocycles. The van der Waals surface area contributed by atoms with Crippen LogP contribution in [0.3, 0.4) is 0 Å². The van der Waals surface area contributed by atoms with Crippen molar-refractivity contribution in [1.29, 1.82) is 0 Å². The van der Waals surface area contributed by atoms with Crippen LogP contribution in [0.2, 0.25) is 0 Å². The van der Waals surface area contributed by atoms with Crippen LogP contribution in [0.25, 0.3) is 10.9 Å². The molecule has 0 atom stereocenters. The molecule has 0 aliphatic rings. The second-order valence-electron chi connectivity index (χ2n) is 4.81. The van der Waals surface area contributed by atoms with Crippen LogP contribution in [-0.2, 0) is 6.54 Å². The Balaban J connectivity index is 1.89. The summed E-state index contributed by atoms with van der Waals surface area (Å²) in [7, 11) is 0. The van der Waals surface area contributed by atoms with E-state index < -0.39 is 0 Å². The third-order valence-electron chi connectivity index (χ3n) is 3.35. The van der Waals surface area contributed by atoms with Gasteiger partial charge in [-0.25, -0.2) is 4.98 Å². The van der Waals surface area contributed by atoms with Gasteiger partial charge in [0.05, 0.1) is 17.3 Å². The lowest BCUT2D eigenvalue weighted by atomic mass is 10.1. The van der Waals surface area contributed by atoms with Gasteiger partial charge in [0.15, 0.2) is 0 Å². The van der Waals surface area contributed by atoms with Gasteiger partial charge in [-0.05, 0) is 19.1 Å². The first-order chi connectivity index (χ1) is 10.1. The average molecular weight is 281 g/mol. The van der Waals surface area contributed by atoms with Crippen molar-refractivity contribution in [1.82, 2.24) is 20.5 Å². The van der Waals surface area contributed by atoms with Crippen LogP contribution in [0.15, 0.2) is 36.5 Å². The fourth-order valence-electron chi connectivity index (χ4n) is 2.21. The lowest BCUT2D eigenvalue weighted by molar-refractivity contribution is 0.0952. The van der Waals surface area contributed by atoms with E-state index in [1.807, 2.05) is 31.2 Å². The molecule has 1 amide bonds. The maximum atomic E-state index is 12.4. The number of anilines is 1. The van der Waals surface area contributed by atoms with E-state index in [4.69, 9.17) is 5.73 Å². The zero-order valence-electron chi connectivity index (χ0n) is 11.6. The molecule has 0 saturated heterocycles.